The molecule has 2 aromatic carbocycles. The van der Waals surface area contributed by atoms with Gasteiger partial charge in [-0.05, 0) is 43.2 Å². The number of methoxy groups -OCH3 is 1. The first kappa shape index (κ1) is 21.7. The van der Waals surface area contributed by atoms with Gasteiger partial charge in [0.15, 0.2) is 5.43 Å². The van der Waals surface area contributed by atoms with Crippen LogP contribution in [0.2, 0.25) is 0 Å². The summed E-state index contributed by atoms with van der Waals surface area (Å²) in [6.45, 7) is 6.64. The van der Waals surface area contributed by atoms with Crippen LogP contribution in [0.1, 0.15) is 39.7 Å². The van der Waals surface area contributed by atoms with E-state index in [9.17, 15) is 9.59 Å². The maximum Gasteiger partial charge on any atom is 0.290 e. The highest BCUT2D eigenvalue weighted by Gasteiger charge is 2.42. The zero-order valence-corrected chi connectivity index (χ0v) is 19.0. The predicted octanol–water partition coefficient (Wildman–Crippen LogP) is 3.38. The number of benzene rings is 2. The fourth-order valence-corrected chi connectivity index (χ4v) is 4.79. The number of fused-ring (bicyclic) bond motifs is 2. The third kappa shape index (κ3) is 4.03. The number of amides is 1. The Morgan fingerprint density at radius 1 is 1.03 bits per heavy atom. The van der Waals surface area contributed by atoms with Crippen molar-refractivity contribution in [2.24, 2.45) is 0 Å². The van der Waals surface area contributed by atoms with Crippen LogP contribution < -0.4 is 10.2 Å². The van der Waals surface area contributed by atoms with E-state index in [1.165, 1.54) is 0 Å². The summed E-state index contributed by atoms with van der Waals surface area (Å²) in [6, 6.07) is 12.6. The molecule has 5 rings (SSSR count). The Hall–Kier alpha value is -3.16. The van der Waals surface area contributed by atoms with Crippen LogP contribution in [-0.2, 0) is 4.74 Å². The zero-order chi connectivity index (χ0) is 22.9. The molecule has 7 nitrogen and oxygen atoms in total. The number of carbonyl (C=O) groups excluding carboxylic acids is 1. The predicted molar refractivity (Wildman–Crippen MR) is 125 cm³/mol. The van der Waals surface area contributed by atoms with Gasteiger partial charge in [0.25, 0.3) is 5.91 Å². The van der Waals surface area contributed by atoms with E-state index in [1.54, 1.807) is 18.1 Å². The number of carbonyl (C=O) groups is 1. The van der Waals surface area contributed by atoms with Gasteiger partial charge in [-0.1, -0.05) is 23.8 Å². The van der Waals surface area contributed by atoms with Gasteiger partial charge in [0.2, 0.25) is 5.76 Å². The molecule has 0 saturated carbocycles. The van der Waals surface area contributed by atoms with Crippen LogP contribution in [0.4, 0.5) is 0 Å². The molecule has 1 aromatic heterocycles. The molecule has 172 valence electrons. The van der Waals surface area contributed by atoms with Crippen molar-refractivity contribution in [3.63, 3.8) is 0 Å². The van der Waals surface area contributed by atoms with Crippen LogP contribution >= 0.6 is 0 Å². The van der Waals surface area contributed by atoms with Crippen molar-refractivity contribution in [2.45, 2.75) is 19.4 Å². The second-order valence-corrected chi connectivity index (χ2v) is 8.66. The third-order valence-corrected chi connectivity index (χ3v) is 6.53. The fraction of sp³-hybridized carbons (Fsp3) is 0.385. The first-order valence-electron chi connectivity index (χ1n) is 11.4. The molecule has 0 radical (unpaired) electrons. The van der Waals surface area contributed by atoms with Gasteiger partial charge in [-0.25, -0.2) is 0 Å². The monoisotopic (exact) mass is 448 g/mol. The summed E-state index contributed by atoms with van der Waals surface area (Å²) < 4.78 is 16.8. The molecule has 3 aromatic rings. The molecule has 7 heteroatoms. The second-order valence-electron chi connectivity index (χ2n) is 8.66. The summed E-state index contributed by atoms with van der Waals surface area (Å²) in [4.78, 5) is 31.2. The Bertz CT molecular complexity index is 1230. The van der Waals surface area contributed by atoms with Crippen molar-refractivity contribution in [3.8, 4) is 5.75 Å². The van der Waals surface area contributed by atoms with Gasteiger partial charge < -0.3 is 18.8 Å². The molecule has 2 aliphatic rings. The first-order valence-corrected chi connectivity index (χ1v) is 11.4. The Labute approximate surface area is 192 Å². The lowest BCUT2D eigenvalue weighted by molar-refractivity contribution is 0.0353. The van der Waals surface area contributed by atoms with Crippen molar-refractivity contribution in [1.29, 1.82) is 0 Å². The van der Waals surface area contributed by atoms with E-state index in [1.807, 2.05) is 43.3 Å². The van der Waals surface area contributed by atoms with E-state index in [0.29, 0.717) is 23.1 Å². The summed E-state index contributed by atoms with van der Waals surface area (Å²) in [6.07, 6.45) is 0.805. The highest BCUT2D eigenvalue weighted by atomic mass is 16.5. The Balaban J connectivity index is 1.53. The van der Waals surface area contributed by atoms with Gasteiger partial charge in [-0.2, -0.15) is 0 Å². The molecule has 1 saturated heterocycles. The normalized spacial score (nSPS) is 18.7. The molecule has 3 heterocycles. The molecule has 0 bridgehead atoms. The maximum atomic E-state index is 13.6. The largest absolute Gasteiger partial charge is 0.497 e. The minimum absolute atomic E-state index is 0.139. The van der Waals surface area contributed by atoms with Crippen LogP contribution in [0.15, 0.2) is 51.7 Å². The molecule has 1 fully saturated rings. The lowest BCUT2D eigenvalue weighted by atomic mass is 9.98. The smallest absolute Gasteiger partial charge is 0.290 e. The van der Waals surface area contributed by atoms with E-state index in [4.69, 9.17) is 13.9 Å². The maximum absolute atomic E-state index is 13.6. The molecule has 1 unspecified atom stereocenters. The van der Waals surface area contributed by atoms with E-state index >= 15 is 0 Å². The molecule has 0 N–H and O–H groups in total. The minimum atomic E-state index is -0.482. The second kappa shape index (κ2) is 9.00. The van der Waals surface area contributed by atoms with E-state index in [0.717, 1.165) is 56.1 Å². The van der Waals surface area contributed by atoms with Crippen molar-refractivity contribution in [1.82, 2.24) is 9.80 Å². The number of morpholine rings is 1. The lowest BCUT2D eigenvalue weighted by Crippen LogP contribution is -2.38. The van der Waals surface area contributed by atoms with Crippen molar-refractivity contribution >= 4 is 16.9 Å². The number of nitrogens with zero attached hydrogens (tertiary/aromatic N) is 2. The molecule has 33 heavy (non-hydrogen) atoms. The SMILES string of the molecule is COc1ccc(C2c3c(oc4ccc(C)cc4c3=O)C(=O)N2CCCN2CCOCC2)cc1. The summed E-state index contributed by atoms with van der Waals surface area (Å²) in [5.41, 5.74) is 2.58. The first-order chi connectivity index (χ1) is 16.1. The number of rotatable bonds is 6. The van der Waals surface area contributed by atoms with Crippen LogP contribution in [0.5, 0.6) is 5.75 Å². The van der Waals surface area contributed by atoms with Crippen LogP contribution in [-0.4, -0.2) is 62.2 Å². The fourth-order valence-electron chi connectivity index (χ4n) is 4.79. The van der Waals surface area contributed by atoms with Gasteiger partial charge in [-0.15, -0.1) is 0 Å². The minimum Gasteiger partial charge on any atom is -0.497 e. The standard InChI is InChI=1S/C26H28N2O5/c1-17-4-9-21-20(16-17)24(29)22-23(18-5-7-19(31-2)8-6-18)28(26(30)25(22)33-21)11-3-10-27-12-14-32-15-13-27/h4-9,16,23H,3,10-15H2,1-2H3. The Kier molecular flexibility index (Phi) is 5.91. The summed E-state index contributed by atoms with van der Waals surface area (Å²) in [7, 11) is 1.62. The quantitative estimate of drug-likeness (QED) is 0.576. The van der Waals surface area contributed by atoms with Gasteiger partial charge in [-0.3, -0.25) is 14.5 Å². The van der Waals surface area contributed by atoms with Crippen molar-refractivity contribution in [2.75, 3.05) is 46.5 Å². The van der Waals surface area contributed by atoms with Crippen molar-refractivity contribution in [3.05, 3.63) is 75.1 Å². The molecule has 2 aliphatic heterocycles. The topological polar surface area (TPSA) is 72.2 Å². The highest BCUT2D eigenvalue weighted by molar-refractivity contribution is 5.99. The number of hydrogen-bond acceptors (Lipinski definition) is 6. The van der Waals surface area contributed by atoms with Crippen molar-refractivity contribution < 1.29 is 18.7 Å². The molecular weight excluding hydrogens is 420 g/mol. The van der Waals surface area contributed by atoms with Crippen LogP contribution in [0.25, 0.3) is 11.0 Å². The average molecular weight is 449 g/mol. The molecule has 1 atom stereocenters. The summed E-state index contributed by atoms with van der Waals surface area (Å²) >= 11 is 0. The van der Waals surface area contributed by atoms with Gasteiger partial charge in [0.05, 0.1) is 37.3 Å². The van der Waals surface area contributed by atoms with E-state index in [-0.39, 0.29) is 17.1 Å². The molecule has 1 amide bonds. The Morgan fingerprint density at radius 2 is 1.79 bits per heavy atom. The van der Waals surface area contributed by atoms with Gasteiger partial charge in [0.1, 0.15) is 11.3 Å². The van der Waals surface area contributed by atoms with Gasteiger partial charge >= 0.3 is 0 Å². The van der Waals surface area contributed by atoms with Crippen LogP contribution in [0, 0.1) is 6.92 Å². The van der Waals surface area contributed by atoms with Crippen LogP contribution in [0.3, 0.4) is 0 Å². The highest BCUT2D eigenvalue weighted by Crippen LogP contribution is 2.38. The molecular formula is C26H28N2O5. The number of hydrogen-bond donors (Lipinski definition) is 0. The summed E-state index contributed by atoms with van der Waals surface area (Å²) in [5.74, 6) is 0.652. The Morgan fingerprint density at radius 3 is 2.52 bits per heavy atom. The van der Waals surface area contributed by atoms with Gasteiger partial charge in [0, 0.05) is 26.2 Å². The summed E-state index contributed by atoms with van der Waals surface area (Å²) in [5, 5.41) is 0.509. The molecule has 0 spiro atoms. The lowest BCUT2D eigenvalue weighted by Gasteiger charge is -2.29. The zero-order valence-electron chi connectivity index (χ0n) is 19.0. The number of aryl methyl sites for hydroxylation is 1. The average Bonchev–Trinajstić information content (AvgIpc) is 3.12. The third-order valence-electron chi connectivity index (χ3n) is 6.53. The van der Waals surface area contributed by atoms with E-state index < -0.39 is 6.04 Å². The molecule has 0 aliphatic carbocycles. The van der Waals surface area contributed by atoms with E-state index in [2.05, 4.69) is 4.90 Å². The number of ether oxygens (including phenoxy) is 2.